The zero-order chi connectivity index (χ0) is 21.2. The number of hydrogen-bond acceptors (Lipinski definition) is 4. The van der Waals surface area contributed by atoms with E-state index in [1.54, 1.807) is 0 Å². The van der Waals surface area contributed by atoms with Gasteiger partial charge in [-0.1, -0.05) is 18.3 Å². The number of hydrogen-bond donors (Lipinski definition) is 0. The van der Waals surface area contributed by atoms with Crippen molar-refractivity contribution < 1.29 is 26.4 Å². The Hall–Kier alpha value is -2.46. The van der Waals surface area contributed by atoms with Crippen LogP contribution in [0.25, 0.3) is 10.2 Å². The SMILES string of the molecule is CCCn1c(=NC(=O)CCS(=O)(=O)c2ccc(F)cc2)sc2cc(F)cc(F)c21. The van der Waals surface area contributed by atoms with E-state index in [0.717, 1.165) is 47.7 Å². The lowest BCUT2D eigenvalue weighted by Gasteiger charge is -2.04. The number of thiazole rings is 1. The molecule has 0 atom stereocenters. The van der Waals surface area contributed by atoms with E-state index < -0.39 is 45.4 Å². The van der Waals surface area contributed by atoms with Gasteiger partial charge in [0.25, 0.3) is 0 Å². The van der Waals surface area contributed by atoms with Crippen molar-refractivity contribution in [1.29, 1.82) is 0 Å². The minimum Gasteiger partial charge on any atom is -0.314 e. The van der Waals surface area contributed by atoms with Crippen LogP contribution in [0, 0.1) is 17.5 Å². The molecule has 0 aliphatic heterocycles. The Labute approximate surface area is 169 Å². The summed E-state index contributed by atoms with van der Waals surface area (Å²) in [5.74, 6) is -3.25. The molecule has 0 N–H and O–H groups in total. The van der Waals surface area contributed by atoms with Gasteiger partial charge in [0.2, 0.25) is 5.91 Å². The normalized spacial score (nSPS) is 12.6. The molecule has 0 aliphatic carbocycles. The highest BCUT2D eigenvalue weighted by Gasteiger charge is 2.17. The molecule has 0 radical (unpaired) electrons. The molecule has 0 saturated heterocycles. The average molecular weight is 442 g/mol. The smallest absolute Gasteiger partial charge is 0.249 e. The molecule has 10 heteroatoms. The molecule has 1 heterocycles. The number of fused-ring (bicyclic) bond motifs is 1. The van der Waals surface area contributed by atoms with Gasteiger partial charge >= 0.3 is 0 Å². The van der Waals surface area contributed by atoms with Crippen LogP contribution in [-0.4, -0.2) is 24.6 Å². The largest absolute Gasteiger partial charge is 0.314 e. The minimum absolute atomic E-state index is 0.0906. The number of rotatable bonds is 6. The van der Waals surface area contributed by atoms with Crippen molar-refractivity contribution in [2.24, 2.45) is 4.99 Å². The zero-order valence-corrected chi connectivity index (χ0v) is 17.0. The Morgan fingerprint density at radius 2 is 1.79 bits per heavy atom. The molecule has 1 amide bonds. The minimum atomic E-state index is -3.78. The van der Waals surface area contributed by atoms with E-state index in [2.05, 4.69) is 4.99 Å². The van der Waals surface area contributed by atoms with Crippen molar-refractivity contribution >= 4 is 37.3 Å². The fourth-order valence-electron chi connectivity index (χ4n) is 2.79. The highest BCUT2D eigenvalue weighted by Crippen LogP contribution is 2.22. The number of carbonyl (C=O) groups excluding carboxylic acids is 1. The first-order valence-electron chi connectivity index (χ1n) is 8.75. The van der Waals surface area contributed by atoms with Crippen LogP contribution in [0.15, 0.2) is 46.3 Å². The Morgan fingerprint density at radius 1 is 1.10 bits per heavy atom. The highest BCUT2D eigenvalue weighted by atomic mass is 32.2. The van der Waals surface area contributed by atoms with Crippen LogP contribution in [0.2, 0.25) is 0 Å². The summed E-state index contributed by atoms with van der Waals surface area (Å²) in [7, 11) is -3.78. The number of carbonyl (C=O) groups is 1. The molecule has 3 aromatic rings. The van der Waals surface area contributed by atoms with Crippen LogP contribution in [0.1, 0.15) is 19.8 Å². The first-order valence-corrected chi connectivity index (χ1v) is 11.2. The molecule has 3 rings (SSSR count). The number of benzene rings is 2. The first-order chi connectivity index (χ1) is 13.7. The van der Waals surface area contributed by atoms with Gasteiger partial charge in [-0.25, -0.2) is 21.6 Å². The Balaban J connectivity index is 1.89. The summed E-state index contributed by atoms with van der Waals surface area (Å²) < 4.78 is 67.0. The van der Waals surface area contributed by atoms with Crippen molar-refractivity contribution in [2.45, 2.75) is 31.2 Å². The van der Waals surface area contributed by atoms with Crippen LogP contribution in [0.4, 0.5) is 13.2 Å². The van der Waals surface area contributed by atoms with Gasteiger partial charge in [0.1, 0.15) is 11.6 Å². The van der Waals surface area contributed by atoms with E-state index in [0.29, 0.717) is 17.7 Å². The van der Waals surface area contributed by atoms with Crippen molar-refractivity contribution in [3.63, 3.8) is 0 Å². The van der Waals surface area contributed by atoms with Crippen LogP contribution in [0.5, 0.6) is 0 Å². The van der Waals surface area contributed by atoms with E-state index >= 15 is 0 Å². The molecule has 0 saturated carbocycles. The van der Waals surface area contributed by atoms with Crippen molar-refractivity contribution in [3.8, 4) is 0 Å². The molecular formula is C19H17F3N2O3S2. The van der Waals surface area contributed by atoms with Gasteiger partial charge < -0.3 is 4.57 Å². The molecule has 0 spiro atoms. The lowest BCUT2D eigenvalue weighted by atomic mass is 10.3. The summed E-state index contributed by atoms with van der Waals surface area (Å²) in [6.45, 7) is 2.22. The molecule has 154 valence electrons. The third kappa shape index (κ3) is 4.76. The Morgan fingerprint density at radius 3 is 2.45 bits per heavy atom. The maximum Gasteiger partial charge on any atom is 0.249 e. The second-order valence-electron chi connectivity index (χ2n) is 6.30. The van der Waals surface area contributed by atoms with Crippen LogP contribution >= 0.6 is 11.3 Å². The highest BCUT2D eigenvalue weighted by molar-refractivity contribution is 7.91. The third-order valence-corrected chi connectivity index (χ3v) is 6.88. The average Bonchev–Trinajstić information content (AvgIpc) is 2.98. The molecule has 0 bridgehead atoms. The summed E-state index contributed by atoms with van der Waals surface area (Å²) in [5.41, 5.74) is 0.156. The van der Waals surface area contributed by atoms with E-state index in [-0.39, 0.29) is 15.2 Å². The quantitative estimate of drug-likeness (QED) is 0.545. The number of sulfone groups is 1. The summed E-state index contributed by atoms with van der Waals surface area (Å²) >= 11 is 0.956. The number of amides is 1. The predicted octanol–water partition coefficient (Wildman–Crippen LogP) is 3.82. The summed E-state index contributed by atoms with van der Waals surface area (Å²) in [6, 6.07) is 6.24. The standard InChI is InChI=1S/C19H17F3N2O3S2/c1-2-8-24-18-15(22)10-13(21)11-16(18)28-19(24)23-17(25)7-9-29(26,27)14-5-3-12(20)4-6-14/h3-6,10-11H,2,7-9H2,1H3. The summed E-state index contributed by atoms with van der Waals surface area (Å²) in [5, 5.41) is 0. The Kier molecular flexibility index (Phi) is 6.23. The van der Waals surface area contributed by atoms with Crippen molar-refractivity contribution in [2.75, 3.05) is 5.75 Å². The third-order valence-electron chi connectivity index (χ3n) is 4.12. The molecule has 29 heavy (non-hydrogen) atoms. The van der Waals surface area contributed by atoms with Gasteiger partial charge in [0, 0.05) is 19.0 Å². The first kappa shape index (κ1) is 21.3. The van der Waals surface area contributed by atoms with Crippen LogP contribution in [-0.2, 0) is 21.2 Å². The fraction of sp³-hybridized carbons (Fsp3) is 0.263. The summed E-state index contributed by atoms with van der Waals surface area (Å²) in [4.78, 5) is 16.3. The van der Waals surface area contributed by atoms with E-state index in [9.17, 15) is 26.4 Å². The Bertz CT molecular complexity index is 1230. The molecule has 0 fully saturated rings. The molecule has 0 unspecified atom stereocenters. The van der Waals surface area contributed by atoms with Crippen LogP contribution in [0.3, 0.4) is 0 Å². The molecule has 2 aromatic carbocycles. The molecular weight excluding hydrogens is 425 g/mol. The molecule has 0 aliphatic rings. The van der Waals surface area contributed by atoms with E-state index in [1.165, 1.54) is 4.57 Å². The van der Waals surface area contributed by atoms with E-state index in [4.69, 9.17) is 0 Å². The number of aryl methyl sites for hydroxylation is 1. The van der Waals surface area contributed by atoms with Crippen molar-refractivity contribution in [3.05, 3.63) is 58.7 Å². The zero-order valence-electron chi connectivity index (χ0n) is 15.4. The number of aromatic nitrogens is 1. The van der Waals surface area contributed by atoms with Gasteiger partial charge in [-0.05, 0) is 36.8 Å². The lowest BCUT2D eigenvalue weighted by molar-refractivity contribution is -0.117. The van der Waals surface area contributed by atoms with Gasteiger partial charge in [-0.3, -0.25) is 4.79 Å². The topological polar surface area (TPSA) is 68.5 Å². The maximum absolute atomic E-state index is 14.2. The summed E-state index contributed by atoms with van der Waals surface area (Å²) in [6.07, 6.45) is 0.236. The van der Waals surface area contributed by atoms with Gasteiger partial charge in [-0.15, -0.1) is 0 Å². The van der Waals surface area contributed by atoms with Gasteiger partial charge in [-0.2, -0.15) is 4.99 Å². The predicted molar refractivity (Wildman–Crippen MR) is 104 cm³/mol. The number of nitrogens with zero attached hydrogens (tertiary/aromatic N) is 2. The second kappa shape index (κ2) is 8.50. The lowest BCUT2D eigenvalue weighted by Crippen LogP contribution is -2.18. The van der Waals surface area contributed by atoms with E-state index in [1.807, 2.05) is 6.92 Å². The number of halogens is 3. The van der Waals surface area contributed by atoms with Crippen LogP contribution < -0.4 is 4.80 Å². The fourth-order valence-corrected chi connectivity index (χ4v) is 5.13. The monoisotopic (exact) mass is 442 g/mol. The van der Waals surface area contributed by atoms with Crippen molar-refractivity contribution in [1.82, 2.24) is 4.57 Å². The molecule has 5 nitrogen and oxygen atoms in total. The maximum atomic E-state index is 14.2. The second-order valence-corrected chi connectivity index (χ2v) is 9.42. The van der Waals surface area contributed by atoms with Gasteiger partial charge in [0.05, 0.1) is 20.9 Å². The molecule has 1 aromatic heterocycles. The van der Waals surface area contributed by atoms with Gasteiger partial charge in [0.15, 0.2) is 20.5 Å².